The van der Waals surface area contributed by atoms with Crippen LogP contribution in [0.5, 0.6) is 11.5 Å². The van der Waals surface area contributed by atoms with Gasteiger partial charge in [-0.1, -0.05) is 93.1 Å². The number of hydrogen-bond donors (Lipinski definition) is 1. The standard InChI is InChI=1S/C41H46N2O5/c1-28-9-8-12-31(23-28)39(44)43(38-35-26-42(27-36(35)38)25-30-10-6-5-7-11-30)21-22-47-33-17-13-29(14-18-33)24-37(40(45)46)48-34-19-15-32(16-20-34)41(2,3)4/h5-20,23,35-38H,21-22,24-27H2,1-4H3,(H,45,46)/t35-,36?,37+,38+/m1/s1. The highest BCUT2D eigenvalue weighted by Gasteiger charge is 2.59. The van der Waals surface area contributed by atoms with Crippen molar-refractivity contribution in [3.8, 4) is 11.5 Å². The number of fused-ring (bicyclic) bond motifs is 1. The number of carboxylic acid groups (broad SMARTS) is 1. The lowest BCUT2D eigenvalue weighted by atomic mass is 9.87. The van der Waals surface area contributed by atoms with Crippen molar-refractivity contribution in [1.29, 1.82) is 0 Å². The first kappa shape index (κ1) is 33.3. The van der Waals surface area contributed by atoms with E-state index >= 15 is 0 Å². The number of aryl methyl sites for hydroxylation is 1. The summed E-state index contributed by atoms with van der Waals surface area (Å²) in [5, 5.41) is 9.85. The van der Waals surface area contributed by atoms with Crippen molar-refractivity contribution in [1.82, 2.24) is 9.80 Å². The first-order chi connectivity index (χ1) is 23.0. The molecule has 0 aromatic heterocycles. The van der Waals surface area contributed by atoms with Crippen molar-refractivity contribution >= 4 is 11.9 Å². The van der Waals surface area contributed by atoms with Gasteiger partial charge in [0.1, 0.15) is 18.1 Å². The number of ether oxygens (including phenoxy) is 2. The van der Waals surface area contributed by atoms with Crippen LogP contribution in [0, 0.1) is 18.8 Å². The van der Waals surface area contributed by atoms with E-state index in [-0.39, 0.29) is 23.8 Å². The van der Waals surface area contributed by atoms with Crippen LogP contribution in [0.4, 0.5) is 0 Å². The van der Waals surface area contributed by atoms with Crippen molar-refractivity contribution < 1.29 is 24.2 Å². The molecule has 48 heavy (non-hydrogen) atoms. The maximum Gasteiger partial charge on any atom is 0.345 e. The van der Waals surface area contributed by atoms with E-state index in [1.165, 1.54) is 5.56 Å². The van der Waals surface area contributed by atoms with Crippen LogP contribution < -0.4 is 9.47 Å². The van der Waals surface area contributed by atoms with Gasteiger partial charge in [-0.05, 0) is 77.3 Å². The minimum atomic E-state index is -1.01. The summed E-state index contributed by atoms with van der Waals surface area (Å²) in [5.74, 6) is 1.20. The molecule has 2 aliphatic rings. The number of hydrogen-bond acceptors (Lipinski definition) is 5. The van der Waals surface area contributed by atoms with Crippen molar-refractivity contribution in [2.45, 2.75) is 58.2 Å². The smallest absolute Gasteiger partial charge is 0.345 e. The lowest BCUT2D eigenvalue weighted by Gasteiger charge is -2.28. The van der Waals surface area contributed by atoms with Crippen LogP contribution in [-0.2, 0) is 23.2 Å². The lowest BCUT2D eigenvalue weighted by molar-refractivity contribution is -0.145. The van der Waals surface area contributed by atoms with Crippen LogP contribution in [0.25, 0.3) is 0 Å². The van der Waals surface area contributed by atoms with E-state index in [2.05, 4.69) is 49.9 Å². The molecule has 7 heteroatoms. The summed E-state index contributed by atoms with van der Waals surface area (Å²) in [6, 6.07) is 33.7. The van der Waals surface area contributed by atoms with Gasteiger partial charge in [0.05, 0.1) is 6.54 Å². The number of nitrogens with zero attached hydrogens (tertiary/aromatic N) is 2. The van der Waals surface area contributed by atoms with E-state index in [4.69, 9.17) is 9.47 Å². The second-order valence-corrected chi connectivity index (χ2v) is 14.3. The van der Waals surface area contributed by atoms with Gasteiger partial charge in [-0.2, -0.15) is 0 Å². The molecule has 1 amide bonds. The molecule has 1 N–H and O–H groups in total. The Kier molecular flexibility index (Phi) is 9.88. The molecule has 0 spiro atoms. The summed E-state index contributed by atoms with van der Waals surface area (Å²) < 4.78 is 12.0. The molecular formula is C41H46N2O5. The van der Waals surface area contributed by atoms with Crippen LogP contribution in [0.2, 0.25) is 0 Å². The third-order valence-electron chi connectivity index (χ3n) is 9.58. The van der Waals surface area contributed by atoms with Gasteiger partial charge in [-0.15, -0.1) is 0 Å². The minimum absolute atomic E-state index is 0.00486. The number of rotatable bonds is 13. The number of carbonyl (C=O) groups is 2. The third-order valence-corrected chi connectivity index (χ3v) is 9.58. The average Bonchev–Trinajstić information content (AvgIpc) is 3.55. The molecule has 1 saturated carbocycles. The van der Waals surface area contributed by atoms with Gasteiger partial charge in [0.25, 0.3) is 5.91 Å². The Balaban J connectivity index is 1.05. The van der Waals surface area contributed by atoms with Gasteiger partial charge in [0.2, 0.25) is 0 Å². The number of carbonyl (C=O) groups excluding carboxylic acids is 1. The minimum Gasteiger partial charge on any atom is -0.492 e. The molecule has 1 unspecified atom stereocenters. The number of likely N-dealkylation sites (tertiary alicyclic amines) is 1. The van der Waals surface area contributed by atoms with E-state index in [1.54, 1.807) is 0 Å². The Morgan fingerprint density at radius 3 is 2.15 bits per heavy atom. The molecule has 0 radical (unpaired) electrons. The molecule has 4 atom stereocenters. The highest BCUT2D eigenvalue weighted by molar-refractivity contribution is 5.95. The fraction of sp³-hybridized carbons (Fsp3) is 0.366. The highest BCUT2D eigenvalue weighted by atomic mass is 16.5. The van der Waals surface area contributed by atoms with E-state index in [1.807, 2.05) is 90.7 Å². The lowest BCUT2D eigenvalue weighted by Crippen LogP contribution is -2.41. The van der Waals surface area contributed by atoms with E-state index < -0.39 is 12.1 Å². The van der Waals surface area contributed by atoms with Crippen LogP contribution >= 0.6 is 0 Å². The first-order valence-corrected chi connectivity index (χ1v) is 16.9. The number of piperidine rings is 1. The molecule has 1 aliphatic carbocycles. The Hall–Kier alpha value is -4.62. The summed E-state index contributed by atoms with van der Waals surface area (Å²) in [4.78, 5) is 30.4. The van der Waals surface area contributed by atoms with Gasteiger partial charge in [-0.3, -0.25) is 9.69 Å². The Bertz CT molecular complexity index is 1690. The maximum atomic E-state index is 13.8. The molecule has 0 bridgehead atoms. The zero-order chi connectivity index (χ0) is 33.8. The summed E-state index contributed by atoms with van der Waals surface area (Å²) in [6.07, 6.45) is -0.790. The summed E-state index contributed by atoms with van der Waals surface area (Å²) in [5.41, 5.74) is 5.10. The van der Waals surface area contributed by atoms with Crippen LogP contribution in [0.1, 0.15) is 53.4 Å². The van der Waals surface area contributed by atoms with Gasteiger partial charge in [-0.25, -0.2) is 4.79 Å². The number of benzene rings is 4. The third kappa shape index (κ3) is 8.08. The number of aliphatic carboxylic acids is 1. The molecule has 250 valence electrons. The summed E-state index contributed by atoms with van der Waals surface area (Å²) in [6.45, 7) is 12.2. The van der Waals surface area contributed by atoms with Gasteiger partial charge in [0, 0.05) is 37.7 Å². The topological polar surface area (TPSA) is 79.3 Å². The second-order valence-electron chi connectivity index (χ2n) is 14.3. The Morgan fingerprint density at radius 2 is 1.52 bits per heavy atom. The Morgan fingerprint density at radius 1 is 0.854 bits per heavy atom. The maximum absolute atomic E-state index is 13.8. The number of carboxylic acids is 1. The molecule has 2 fully saturated rings. The van der Waals surface area contributed by atoms with E-state index in [9.17, 15) is 14.7 Å². The van der Waals surface area contributed by atoms with Crippen molar-refractivity contribution in [2.24, 2.45) is 11.8 Å². The monoisotopic (exact) mass is 646 g/mol. The van der Waals surface area contributed by atoms with Crippen molar-refractivity contribution in [2.75, 3.05) is 26.2 Å². The molecule has 7 nitrogen and oxygen atoms in total. The van der Waals surface area contributed by atoms with Gasteiger partial charge in [0.15, 0.2) is 6.10 Å². The van der Waals surface area contributed by atoms with Crippen molar-refractivity contribution in [3.05, 3.63) is 131 Å². The first-order valence-electron chi connectivity index (χ1n) is 16.9. The summed E-state index contributed by atoms with van der Waals surface area (Å²) >= 11 is 0. The zero-order valence-corrected chi connectivity index (χ0v) is 28.3. The normalized spacial score (nSPS) is 19.3. The second kappa shape index (κ2) is 14.2. The zero-order valence-electron chi connectivity index (χ0n) is 28.3. The molecule has 1 saturated heterocycles. The molecular weight excluding hydrogens is 600 g/mol. The molecule has 4 aromatic carbocycles. The fourth-order valence-corrected chi connectivity index (χ4v) is 6.92. The van der Waals surface area contributed by atoms with E-state index in [0.717, 1.165) is 36.3 Å². The summed E-state index contributed by atoms with van der Waals surface area (Å²) in [7, 11) is 0. The quantitative estimate of drug-likeness (QED) is 0.168. The predicted molar refractivity (Wildman–Crippen MR) is 188 cm³/mol. The largest absolute Gasteiger partial charge is 0.492 e. The molecule has 1 aliphatic heterocycles. The molecule has 6 rings (SSSR count). The highest BCUT2D eigenvalue weighted by Crippen LogP contribution is 2.49. The van der Waals surface area contributed by atoms with Gasteiger partial charge >= 0.3 is 5.97 Å². The molecule has 4 aromatic rings. The molecule has 1 heterocycles. The van der Waals surface area contributed by atoms with E-state index in [0.29, 0.717) is 42.0 Å². The van der Waals surface area contributed by atoms with Crippen LogP contribution in [-0.4, -0.2) is 65.2 Å². The van der Waals surface area contributed by atoms with Gasteiger partial charge < -0.3 is 19.5 Å². The fourth-order valence-electron chi connectivity index (χ4n) is 6.92. The number of amides is 1. The predicted octanol–water partition coefficient (Wildman–Crippen LogP) is 7.02. The van der Waals surface area contributed by atoms with Crippen molar-refractivity contribution in [3.63, 3.8) is 0 Å². The van der Waals surface area contributed by atoms with Crippen LogP contribution in [0.3, 0.4) is 0 Å². The SMILES string of the molecule is Cc1cccc(C(=O)N(CCOc2ccc(C[C@H](Oc3ccc(C(C)(C)C)cc3)C(=O)O)cc2)[C@@H]2C3CN(Cc4ccccc4)C[C@H]32)c1. The Labute approximate surface area is 284 Å². The van der Waals surface area contributed by atoms with Crippen LogP contribution in [0.15, 0.2) is 103 Å². The average molecular weight is 647 g/mol.